The van der Waals surface area contributed by atoms with Crippen molar-refractivity contribution >= 4 is 45.1 Å². The van der Waals surface area contributed by atoms with E-state index in [-0.39, 0.29) is 23.5 Å². The van der Waals surface area contributed by atoms with Crippen LogP contribution in [0, 0.1) is 10.1 Å². The molecule has 0 aliphatic carbocycles. The molecule has 0 spiro atoms. The smallest absolute Gasteiger partial charge is 0.282 e. The molecule has 5 rings (SSSR count). The maximum Gasteiger partial charge on any atom is 0.282 e. The van der Waals surface area contributed by atoms with E-state index in [9.17, 15) is 19.7 Å². The average molecular weight is 387 g/mol. The molecule has 0 saturated carbocycles. The number of fused-ring (bicyclic) bond motifs is 4. The molecule has 3 aromatic carbocycles. The second-order valence-electron chi connectivity index (χ2n) is 6.64. The summed E-state index contributed by atoms with van der Waals surface area (Å²) in [5, 5.41) is 16.2. The molecule has 1 aliphatic rings. The summed E-state index contributed by atoms with van der Waals surface area (Å²) in [5.41, 5.74) is 1.60. The standard InChI is InChI=1S/C21H13N3O5/c25-20-15-5-3-6-16(24(27)28)19(15)21(26)23(20)11-22-12-8-9-14-13-4-1-2-7-17(13)29-18(14)10-12/h1-10,22H,11H2. The summed E-state index contributed by atoms with van der Waals surface area (Å²) in [4.78, 5) is 36.7. The van der Waals surface area contributed by atoms with Crippen LogP contribution in [0.5, 0.6) is 0 Å². The maximum atomic E-state index is 12.6. The summed E-state index contributed by atoms with van der Waals surface area (Å²) >= 11 is 0. The van der Waals surface area contributed by atoms with Gasteiger partial charge in [-0.05, 0) is 24.3 Å². The molecule has 8 nitrogen and oxygen atoms in total. The van der Waals surface area contributed by atoms with Crippen LogP contribution in [0.3, 0.4) is 0 Å². The Hall–Kier alpha value is -4.20. The Bertz CT molecular complexity index is 1340. The predicted octanol–water partition coefficient (Wildman–Crippen LogP) is 4.16. The minimum atomic E-state index is -0.686. The largest absolute Gasteiger partial charge is 0.456 e. The number of rotatable bonds is 4. The minimum Gasteiger partial charge on any atom is -0.456 e. The Morgan fingerprint density at radius 3 is 2.55 bits per heavy atom. The van der Waals surface area contributed by atoms with Crippen molar-refractivity contribution < 1.29 is 18.9 Å². The van der Waals surface area contributed by atoms with Gasteiger partial charge < -0.3 is 9.73 Å². The van der Waals surface area contributed by atoms with Crippen molar-refractivity contribution in [2.24, 2.45) is 0 Å². The van der Waals surface area contributed by atoms with Gasteiger partial charge in [0.15, 0.2) is 0 Å². The SMILES string of the molecule is O=C1c2cccc([N+](=O)[O-])c2C(=O)N1CNc1ccc2c(c1)oc1ccccc12. The molecule has 142 valence electrons. The van der Waals surface area contributed by atoms with Crippen LogP contribution in [0.1, 0.15) is 20.7 Å². The molecule has 0 atom stereocenters. The summed E-state index contributed by atoms with van der Waals surface area (Å²) in [6.45, 7) is -0.116. The van der Waals surface area contributed by atoms with E-state index >= 15 is 0 Å². The average Bonchev–Trinajstić information content (AvgIpc) is 3.21. The van der Waals surface area contributed by atoms with Crippen LogP contribution in [0.2, 0.25) is 0 Å². The number of imide groups is 1. The van der Waals surface area contributed by atoms with Crippen LogP contribution >= 0.6 is 0 Å². The number of carbonyl (C=O) groups is 2. The highest BCUT2D eigenvalue weighted by Gasteiger charge is 2.40. The van der Waals surface area contributed by atoms with Crippen molar-refractivity contribution in [3.63, 3.8) is 0 Å². The molecule has 1 aliphatic heterocycles. The number of anilines is 1. The normalized spacial score (nSPS) is 13.3. The Kier molecular flexibility index (Phi) is 3.60. The van der Waals surface area contributed by atoms with Crippen molar-refractivity contribution in [2.75, 3.05) is 12.0 Å². The second-order valence-corrected chi connectivity index (χ2v) is 6.64. The molecule has 1 N–H and O–H groups in total. The van der Waals surface area contributed by atoms with Gasteiger partial charge in [-0.1, -0.05) is 24.3 Å². The number of nitrogens with zero attached hydrogens (tertiary/aromatic N) is 2. The molecular formula is C21H13N3O5. The lowest BCUT2D eigenvalue weighted by atomic mass is 10.1. The van der Waals surface area contributed by atoms with Gasteiger partial charge in [0.2, 0.25) is 0 Å². The first-order chi connectivity index (χ1) is 14.0. The monoisotopic (exact) mass is 387 g/mol. The van der Waals surface area contributed by atoms with Crippen molar-refractivity contribution in [3.8, 4) is 0 Å². The van der Waals surface area contributed by atoms with E-state index in [0.717, 1.165) is 21.3 Å². The quantitative estimate of drug-likeness (QED) is 0.320. The molecule has 8 heteroatoms. The highest BCUT2D eigenvalue weighted by molar-refractivity contribution is 6.23. The van der Waals surface area contributed by atoms with Crippen LogP contribution < -0.4 is 5.32 Å². The van der Waals surface area contributed by atoms with Crippen LogP contribution in [-0.2, 0) is 0 Å². The van der Waals surface area contributed by atoms with Gasteiger partial charge in [-0.15, -0.1) is 0 Å². The third-order valence-corrected chi connectivity index (χ3v) is 4.99. The van der Waals surface area contributed by atoms with Crippen LogP contribution in [-0.4, -0.2) is 28.3 Å². The van der Waals surface area contributed by atoms with E-state index < -0.39 is 16.7 Å². The van der Waals surface area contributed by atoms with Crippen molar-refractivity contribution in [3.05, 3.63) is 81.9 Å². The van der Waals surface area contributed by atoms with Crippen LogP contribution in [0.25, 0.3) is 21.9 Å². The number of nitro groups is 1. The Morgan fingerprint density at radius 2 is 1.72 bits per heavy atom. The molecule has 1 aromatic heterocycles. The molecule has 0 unspecified atom stereocenters. The Morgan fingerprint density at radius 1 is 0.931 bits per heavy atom. The lowest BCUT2D eigenvalue weighted by molar-refractivity contribution is -0.385. The zero-order valence-corrected chi connectivity index (χ0v) is 14.9. The lowest BCUT2D eigenvalue weighted by Gasteiger charge is -2.15. The molecule has 0 bridgehead atoms. The van der Waals surface area contributed by atoms with Gasteiger partial charge >= 0.3 is 0 Å². The molecule has 0 radical (unpaired) electrons. The third-order valence-electron chi connectivity index (χ3n) is 4.99. The molecule has 0 fully saturated rings. The summed E-state index contributed by atoms with van der Waals surface area (Å²) < 4.78 is 5.84. The molecule has 2 heterocycles. The van der Waals surface area contributed by atoms with Crippen LogP contribution in [0.15, 0.2) is 65.1 Å². The number of nitro benzene ring substituents is 1. The summed E-state index contributed by atoms with van der Waals surface area (Å²) in [5.74, 6) is -1.25. The van der Waals surface area contributed by atoms with E-state index in [4.69, 9.17) is 4.42 Å². The molecule has 29 heavy (non-hydrogen) atoms. The maximum absolute atomic E-state index is 12.6. The second kappa shape index (κ2) is 6.16. The van der Waals surface area contributed by atoms with E-state index in [0.29, 0.717) is 11.3 Å². The van der Waals surface area contributed by atoms with Gasteiger partial charge in [-0.2, -0.15) is 0 Å². The van der Waals surface area contributed by atoms with E-state index in [2.05, 4.69) is 5.32 Å². The zero-order chi connectivity index (χ0) is 20.1. The van der Waals surface area contributed by atoms with E-state index in [1.165, 1.54) is 18.2 Å². The molecular weight excluding hydrogens is 374 g/mol. The van der Waals surface area contributed by atoms with Gasteiger partial charge in [0.1, 0.15) is 16.7 Å². The number of carbonyl (C=O) groups excluding carboxylic acids is 2. The van der Waals surface area contributed by atoms with Crippen LogP contribution in [0.4, 0.5) is 11.4 Å². The lowest BCUT2D eigenvalue weighted by Crippen LogP contribution is -2.34. The fourth-order valence-corrected chi connectivity index (χ4v) is 3.62. The number of benzene rings is 3. The topological polar surface area (TPSA) is 106 Å². The Labute approximate surface area is 163 Å². The number of hydrogen-bond acceptors (Lipinski definition) is 6. The number of furan rings is 1. The van der Waals surface area contributed by atoms with Crippen molar-refractivity contribution in [2.45, 2.75) is 0 Å². The fourth-order valence-electron chi connectivity index (χ4n) is 3.62. The minimum absolute atomic E-state index is 0.0405. The van der Waals surface area contributed by atoms with E-state index in [1.807, 2.05) is 36.4 Å². The van der Waals surface area contributed by atoms with E-state index in [1.54, 1.807) is 6.07 Å². The first-order valence-corrected chi connectivity index (χ1v) is 8.83. The summed E-state index contributed by atoms with van der Waals surface area (Å²) in [6.07, 6.45) is 0. The van der Waals surface area contributed by atoms with Gasteiger partial charge in [-0.25, -0.2) is 0 Å². The third kappa shape index (κ3) is 2.53. The fraction of sp³-hybridized carbons (Fsp3) is 0.0476. The summed E-state index contributed by atoms with van der Waals surface area (Å²) in [6, 6.07) is 17.2. The predicted molar refractivity (Wildman–Crippen MR) is 106 cm³/mol. The first-order valence-electron chi connectivity index (χ1n) is 8.83. The molecule has 0 saturated heterocycles. The van der Waals surface area contributed by atoms with Gasteiger partial charge in [0.25, 0.3) is 17.5 Å². The van der Waals surface area contributed by atoms with Crippen molar-refractivity contribution in [1.82, 2.24) is 4.90 Å². The number of para-hydroxylation sites is 1. The van der Waals surface area contributed by atoms with Gasteiger partial charge in [0.05, 0.1) is 17.2 Å². The number of amides is 2. The molecule has 2 amide bonds. The Balaban J connectivity index is 1.42. The highest BCUT2D eigenvalue weighted by Crippen LogP contribution is 2.32. The summed E-state index contributed by atoms with van der Waals surface area (Å²) in [7, 11) is 0. The van der Waals surface area contributed by atoms with Gasteiger partial charge in [0, 0.05) is 28.6 Å². The highest BCUT2D eigenvalue weighted by atomic mass is 16.6. The number of hydrogen-bond donors (Lipinski definition) is 1. The zero-order valence-electron chi connectivity index (χ0n) is 14.9. The van der Waals surface area contributed by atoms with Crippen molar-refractivity contribution in [1.29, 1.82) is 0 Å². The molecule has 4 aromatic rings. The first kappa shape index (κ1) is 16.9. The number of nitrogens with one attached hydrogen (secondary N) is 1. The van der Waals surface area contributed by atoms with Gasteiger partial charge in [-0.3, -0.25) is 24.6 Å².